The van der Waals surface area contributed by atoms with Crippen LogP contribution in [0.4, 0.5) is 5.69 Å². The Morgan fingerprint density at radius 3 is 3.08 bits per heavy atom. The molecule has 3 N–H and O–H groups in total. The Labute approximate surface area is 77.0 Å². The molecule has 4 heteroatoms. The largest absolute Gasteiger partial charge is 0.389 e. The lowest BCUT2D eigenvalue weighted by Gasteiger charge is -2.07. The highest BCUT2D eigenvalue weighted by molar-refractivity contribution is 7.80. The number of aromatic nitrogens is 1. The number of hydrogen-bond acceptors (Lipinski definition) is 3. The third-order valence-electron chi connectivity index (χ3n) is 1.45. The molecular weight excluding hydrogens is 170 g/mol. The summed E-state index contributed by atoms with van der Waals surface area (Å²) in [6.07, 6.45) is 3.40. The maximum Gasteiger partial charge on any atom is 0.106 e. The van der Waals surface area contributed by atoms with Gasteiger partial charge in [0.2, 0.25) is 0 Å². The molecular formula is C8H11N3S. The van der Waals surface area contributed by atoms with Gasteiger partial charge in [-0.2, -0.15) is 0 Å². The van der Waals surface area contributed by atoms with Gasteiger partial charge in [0.25, 0.3) is 0 Å². The number of nitrogens with one attached hydrogen (secondary N) is 1. The third-order valence-corrected chi connectivity index (χ3v) is 1.67. The molecule has 0 spiro atoms. The molecule has 0 aliphatic carbocycles. The van der Waals surface area contributed by atoms with E-state index >= 15 is 0 Å². The Morgan fingerprint density at radius 2 is 2.50 bits per heavy atom. The van der Waals surface area contributed by atoms with E-state index in [0.29, 0.717) is 4.99 Å². The topological polar surface area (TPSA) is 50.9 Å². The van der Waals surface area contributed by atoms with E-state index in [0.717, 1.165) is 17.8 Å². The predicted molar refractivity (Wildman–Crippen MR) is 54.3 cm³/mol. The molecule has 0 saturated heterocycles. The minimum absolute atomic E-state index is 0.397. The first-order valence-electron chi connectivity index (χ1n) is 3.73. The molecule has 0 aliphatic heterocycles. The minimum Gasteiger partial charge on any atom is -0.389 e. The quantitative estimate of drug-likeness (QED) is 0.687. The van der Waals surface area contributed by atoms with Crippen molar-refractivity contribution in [2.24, 2.45) is 5.73 Å². The number of nitrogens with two attached hydrogens (primary N) is 1. The van der Waals surface area contributed by atoms with Gasteiger partial charge in [-0.05, 0) is 13.0 Å². The molecule has 0 saturated carbocycles. The van der Waals surface area contributed by atoms with Crippen LogP contribution >= 0.6 is 12.2 Å². The normalized spacial score (nSPS) is 9.42. The zero-order chi connectivity index (χ0) is 8.97. The van der Waals surface area contributed by atoms with Gasteiger partial charge in [-0.1, -0.05) is 12.2 Å². The van der Waals surface area contributed by atoms with Crippen molar-refractivity contribution in [3.05, 3.63) is 24.0 Å². The maximum absolute atomic E-state index is 5.51. The van der Waals surface area contributed by atoms with E-state index in [1.807, 2.05) is 6.92 Å². The van der Waals surface area contributed by atoms with Crippen LogP contribution in [0.25, 0.3) is 0 Å². The van der Waals surface area contributed by atoms with Crippen molar-refractivity contribution in [2.45, 2.75) is 6.92 Å². The number of pyridine rings is 1. The second kappa shape index (κ2) is 4.01. The Hall–Kier alpha value is -1.16. The monoisotopic (exact) mass is 181 g/mol. The van der Waals surface area contributed by atoms with Gasteiger partial charge in [-0.15, -0.1) is 0 Å². The standard InChI is InChI=1S/C8H11N3S/c1-2-11-7-5-10-4-3-6(7)8(9)12/h3-5,11H,2H2,1H3,(H2,9,12). The van der Waals surface area contributed by atoms with E-state index < -0.39 is 0 Å². The van der Waals surface area contributed by atoms with Crippen LogP contribution < -0.4 is 11.1 Å². The van der Waals surface area contributed by atoms with Gasteiger partial charge in [-0.3, -0.25) is 4.98 Å². The highest BCUT2D eigenvalue weighted by Gasteiger charge is 2.02. The average Bonchev–Trinajstić information content (AvgIpc) is 2.05. The summed E-state index contributed by atoms with van der Waals surface area (Å²) in [5.41, 5.74) is 7.25. The summed E-state index contributed by atoms with van der Waals surface area (Å²) in [6.45, 7) is 2.84. The van der Waals surface area contributed by atoms with E-state index in [2.05, 4.69) is 10.3 Å². The van der Waals surface area contributed by atoms with Crippen LogP contribution in [-0.4, -0.2) is 16.5 Å². The van der Waals surface area contributed by atoms with Gasteiger partial charge in [0, 0.05) is 18.3 Å². The first kappa shape index (κ1) is 8.93. The van der Waals surface area contributed by atoms with Crippen molar-refractivity contribution in [1.29, 1.82) is 0 Å². The number of nitrogens with zero attached hydrogens (tertiary/aromatic N) is 1. The summed E-state index contributed by atoms with van der Waals surface area (Å²) in [5, 5.41) is 3.13. The number of anilines is 1. The summed E-state index contributed by atoms with van der Waals surface area (Å²) in [6, 6.07) is 1.81. The fourth-order valence-electron chi connectivity index (χ4n) is 0.941. The lowest BCUT2D eigenvalue weighted by molar-refractivity contribution is 1.19. The first-order chi connectivity index (χ1) is 5.75. The van der Waals surface area contributed by atoms with Crippen molar-refractivity contribution in [1.82, 2.24) is 4.98 Å². The average molecular weight is 181 g/mol. The van der Waals surface area contributed by atoms with Gasteiger partial charge >= 0.3 is 0 Å². The molecule has 1 aromatic heterocycles. The van der Waals surface area contributed by atoms with Gasteiger partial charge in [0.05, 0.1) is 11.9 Å². The predicted octanol–water partition coefficient (Wildman–Crippen LogP) is 1.15. The Bertz CT molecular complexity index is 285. The molecule has 1 heterocycles. The summed E-state index contributed by atoms with van der Waals surface area (Å²) < 4.78 is 0. The zero-order valence-corrected chi connectivity index (χ0v) is 7.69. The Balaban J connectivity index is 3.00. The zero-order valence-electron chi connectivity index (χ0n) is 6.87. The van der Waals surface area contributed by atoms with Crippen LogP contribution in [-0.2, 0) is 0 Å². The van der Waals surface area contributed by atoms with Gasteiger partial charge in [0.1, 0.15) is 4.99 Å². The molecule has 0 atom stereocenters. The van der Waals surface area contributed by atoms with Crippen molar-refractivity contribution in [2.75, 3.05) is 11.9 Å². The lowest BCUT2D eigenvalue weighted by atomic mass is 10.2. The lowest BCUT2D eigenvalue weighted by Crippen LogP contribution is -2.13. The highest BCUT2D eigenvalue weighted by Crippen LogP contribution is 2.12. The van der Waals surface area contributed by atoms with E-state index in [1.54, 1.807) is 18.5 Å². The van der Waals surface area contributed by atoms with Crippen LogP contribution in [0.1, 0.15) is 12.5 Å². The van der Waals surface area contributed by atoms with Crippen molar-refractivity contribution in [3.63, 3.8) is 0 Å². The molecule has 3 nitrogen and oxygen atoms in total. The van der Waals surface area contributed by atoms with E-state index in [9.17, 15) is 0 Å². The van der Waals surface area contributed by atoms with Crippen LogP contribution in [0.3, 0.4) is 0 Å². The SMILES string of the molecule is CCNc1cnccc1C(N)=S. The smallest absolute Gasteiger partial charge is 0.106 e. The van der Waals surface area contributed by atoms with Gasteiger partial charge in [0.15, 0.2) is 0 Å². The second-order valence-electron chi connectivity index (χ2n) is 2.32. The molecule has 0 unspecified atom stereocenters. The fraction of sp³-hybridized carbons (Fsp3) is 0.250. The summed E-state index contributed by atoms with van der Waals surface area (Å²) in [4.78, 5) is 4.37. The molecule has 0 fully saturated rings. The van der Waals surface area contributed by atoms with Crippen LogP contribution in [0.15, 0.2) is 18.5 Å². The summed E-state index contributed by atoms with van der Waals surface area (Å²) in [7, 11) is 0. The number of hydrogen-bond donors (Lipinski definition) is 2. The molecule has 1 aromatic rings. The number of rotatable bonds is 3. The molecule has 0 amide bonds. The summed E-state index contributed by atoms with van der Waals surface area (Å²) in [5.74, 6) is 0. The highest BCUT2D eigenvalue weighted by atomic mass is 32.1. The van der Waals surface area contributed by atoms with E-state index in [-0.39, 0.29) is 0 Å². The van der Waals surface area contributed by atoms with Crippen molar-refractivity contribution >= 4 is 22.9 Å². The second-order valence-corrected chi connectivity index (χ2v) is 2.76. The van der Waals surface area contributed by atoms with Crippen LogP contribution in [0, 0.1) is 0 Å². The molecule has 0 bridgehead atoms. The molecule has 12 heavy (non-hydrogen) atoms. The summed E-state index contributed by atoms with van der Waals surface area (Å²) >= 11 is 4.87. The van der Waals surface area contributed by atoms with Gasteiger partial charge in [-0.25, -0.2) is 0 Å². The number of thiocarbonyl (C=S) groups is 1. The van der Waals surface area contributed by atoms with E-state index in [4.69, 9.17) is 18.0 Å². The molecule has 0 aromatic carbocycles. The third kappa shape index (κ3) is 1.92. The molecule has 0 aliphatic rings. The van der Waals surface area contributed by atoms with Gasteiger partial charge < -0.3 is 11.1 Å². The Morgan fingerprint density at radius 1 is 1.75 bits per heavy atom. The molecule has 64 valence electrons. The van der Waals surface area contributed by atoms with Crippen LogP contribution in [0.2, 0.25) is 0 Å². The molecule has 1 rings (SSSR count). The first-order valence-corrected chi connectivity index (χ1v) is 4.14. The maximum atomic E-state index is 5.51. The van der Waals surface area contributed by atoms with Crippen molar-refractivity contribution in [3.8, 4) is 0 Å². The minimum atomic E-state index is 0.397. The van der Waals surface area contributed by atoms with Crippen molar-refractivity contribution < 1.29 is 0 Å². The fourth-order valence-corrected chi connectivity index (χ4v) is 1.12. The molecule has 0 radical (unpaired) electrons. The van der Waals surface area contributed by atoms with E-state index in [1.165, 1.54) is 0 Å². The Kier molecular flexibility index (Phi) is 2.99. The van der Waals surface area contributed by atoms with Crippen LogP contribution in [0.5, 0.6) is 0 Å².